The van der Waals surface area contributed by atoms with Crippen LogP contribution in [0.2, 0.25) is 0 Å². The maximum absolute atomic E-state index is 13.0. The number of methoxy groups -OCH3 is 3. The number of nitrogens with zero attached hydrogens (tertiary/aromatic N) is 1. The molecule has 0 saturated carbocycles. The molecule has 0 bridgehead atoms. The minimum atomic E-state index is -0.690. The molecule has 1 unspecified atom stereocenters. The Morgan fingerprint density at radius 1 is 1.12 bits per heavy atom. The van der Waals surface area contributed by atoms with Gasteiger partial charge in [0.2, 0.25) is 5.75 Å². The van der Waals surface area contributed by atoms with Gasteiger partial charge in [-0.2, -0.15) is 0 Å². The van der Waals surface area contributed by atoms with Gasteiger partial charge in [0, 0.05) is 18.7 Å². The number of esters is 1. The molecule has 1 aliphatic heterocycles. The third kappa shape index (κ3) is 3.86. The van der Waals surface area contributed by atoms with E-state index < -0.39 is 5.41 Å². The highest BCUT2D eigenvalue weighted by Crippen LogP contribution is 2.39. The quantitative estimate of drug-likeness (QED) is 0.721. The number of benzene rings is 1. The number of hydrogen-bond acceptors (Lipinski definition) is 6. The molecule has 144 valence electrons. The van der Waals surface area contributed by atoms with Gasteiger partial charge < -0.3 is 23.8 Å². The van der Waals surface area contributed by atoms with Gasteiger partial charge in [-0.15, -0.1) is 0 Å². The third-order valence-electron chi connectivity index (χ3n) is 4.66. The molecule has 7 heteroatoms. The van der Waals surface area contributed by atoms with Crippen LogP contribution in [0.1, 0.15) is 37.0 Å². The Balaban J connectivity index is 2.29. The maximum atomic E-state index is 13.0. The number of ether oxygens (including phenoxy) is 4. The van der Waals surface area contributed by atoms with E-state index >= 15 is 0 Å². The summed E-state index contributed by atoms with van der Waals surface area (Å²) >= 11 is 0. The van der Waals surface area contributed by atoms with Crippen LogP contribution < -0.4 is 14.2 Å². The molecular formula is C19H27NO6. The van der Waals surface area contributed by atoms with Crippen molar-refractivity contribution in [1.82, 2.24) is 4.90 Å². The molecule has 1 atom stereocenters. The molecule has 1 saturated heterocycles. The Morgan fingerprint density at radius 3 is 2.23 bits per heavy atom. The van der Waals surface area contributed by atoms with E-state index in [2.05, 4.69) is 0 Å². The van der Waals surface area contributed by atoms with Crippen molar-refractivity contribution < 1.29 is 28.5 Å². The molecule has 1 heterocycles. The van der Waals surface area contributed by atoms with Crippen LogP contribution in [0.25, 0.3) is 0 Å². The Hall–Kier alpha value is -2.44. The van der Waals surface area contributed by atoms with E-state index in [9.17, 15) is 9.59 Å². The zero-order valence-electron chi connectivity index (χ0n) is 16.1. The first-order chi connectivity index (χ1) is 12.4. The molecule has 26 heavy (non-hydrogen) atoms. The van der Waals surface area contributed by atoms with E-state index in [4.69, 9.17) is 18.9 Å². The molecule has 0 spiro atoms. The van der Waals surface area contributed by atoms with Crippen molar-refractivity contribution in [3.8, 4) is 17.2 Å². The van der Waals surface area contributed by atoms with Crippen LogP contribution in [-0.4, -0.2) is 57.8 Å². The third-order valence-corrected chi connectivity index (χ3v) is 4.66. The highest BCUT2D eigenvalue weighted by Gasteiger charge is 2.40. The summed E-state index contributed by atoms with van der Waals surface area (Å²) in [6, 6.07) is 3.25. The monoisotopic (exact) mass is 365 g/mol. The molecule has 0 aliphatic carbocycles. The first kappa shape index (κ1) is 19.9. The molecule has 7 nitrogen and oxygen atoms in total. The molecule has 0 radical (unpaired) electrons. The van der Waals surface area contributed by atoms with E-state index in [1.165, 1.54) is 21.3 Å². The van der Waals surface area contributed by atoms with Crippen molar-refractivity contribution >= 4 is 11.9 Å². The van der Waals surface area contributed by atoms with Crippen molar-refractivity contribution in [1.29, 1.82) is 0 Å². The Morgan fingerprint density at radius 2 is 1.73 bits per heavy atom. The number of piperidine rings is 1. The molecule has 0 aromatic heterocycles. The zero-order chi connectivity index (χ0) is 19.3. The minimum Gasteiger partial charge on any atom is -0.493 e. The van der Waals surface area contributed by atoms with Crippen molar-refractivity contribution in [2.24, 2.45) is 5.41 Å². The molecule has 1 aromatic rings. The summed E-state index contributed by atoms with van der Waals surface area (Å²) in [5.74, 6) is 0.823. The van der Waals surface area contributed by atoms with Gasteiger partial charge in [-0.25, -0.2) is 0 Å². The maximum Gasteiger partial charge on any atom is 0.313 e. The topological polar surface area (TPSA) is 74.3 Å². The normalized spacial score (nSPS) is 19.7. The summed E-state index contributed by atoms with van der Waals surface area (Å²) in [7, 11) is 4.52. The lowest BCUT2D eigenvalue weighted by atomic mass is 9.81. The van der Waals surface area contributed by atoms with Gasteiger partial charge in [-0.05, 0) is 38.8 Å². The fraction of sp³-hybridized carbons (Fsp3) is 0.579. The van der Waals surface area contributed by atoms with Gasteiger partial charge >= 0.3 is 5.97 Å². The minimum absolute atomic E-state index is 0.181. The van der Waals surface area contributed by atoms with Crippen LogP contribution in [0.15, 0.2) is 12.1 Å². The second-order valence-electron chi connectivity index (χ2n) is 6.53. The van der Waals surface area contributed by atoms with Gasteiger partial charge in [-0.1, -0.05) is 0 Å². The van der Waals surface area contributed by atoms with Crippen LogP contribution in [0, 0.1) is 5.41 Å². The highest BCUT2D eigenvalue weighted by atomic mass is 16.5. The molecule has 1 amide bonds. The van der Waals surface area contributed by atoms with Crippen LogP contribution in [0.5, 0.6) is 17.2 Å². The van der Waals surface area contributed by atoms with E-state index in [0.29, 0.717) is 48.9 Å². The average Bonchev–Trinajstić information content (AvgIpc) is 2.66. The lowest BCUT2D eigenvalue weighted by Gasteiger charge is -2.38. The highest BCUT2D eigenvalue weighted by molar-refractivity contribution is 5.96. The van der Waals surface area contributed by atoms with E-state index in [-0.39, 0.29) is 11.9 Å². The van der Waals surface area contributed by atoms with Gasteiger partial charge in [0.1, 0.15) is 0 Å². The number of hydrogen-bond donors (Lipinski definition) is 0. The van der Waals surface area contributed by atoms with Crippen molar-refractivity contribution in [2.75, 3.05) is 41.0 Å². The van der Waals surface area contributed by atoms with Gasteiger partial charge in [0.05, 0.1) is 33.4 Å². The first-order valence-corrected chi connectivity index (χ1v) is 8.66. The molecule has 0 N–H and O–H groups in total. The van der Waals surface area contributed by atoms with Crippen LogP contribution in [-0.2, 0) is 9.53 Å². The van der Waals surface area contributed by atoms with Crippen molar-refractivity contribution in [2.45, 2.75) is 26.7 Å². The molecular weight excluding hydrogens is 338 g/mol. The lowest BCUT2D eigenvalue weighted by molar-refractivity contribution is -0.157. The summed E-state index contributed by atoms with van der Waals surface area (Å²) in [5, 5.41) is 0. The van der Waals surface area contributed by atoms with E-state index in [1.54, 1.807) is 24.0 Å². The summed E-state index contributed by atoms with van der Waals surface area (Å²) < 4.78 is 21.1. The number of rotatable bonds is 6. The summed E-state index contributed by atoms with van der Waals surface area (Å²) in [6.07, 6.45) is 1.44. The van der Waals surface area contributed by atoms with Crippen molar-refractivity contribution in [3.05, 3.63) is 17.7 Å². The molecule has 2 rings (SSSR count). The summed E-state index contributed by atoms with van der Waals surface area (Å²) in [5.41, 5.74) is -0.266. The predicted molar refractivity (Wildman–Crippen MR) is 96.0 cm³/mol. The zero-order valence-corrected chi connectivity index (χ0v) is 16.1. The molecule has 1 fully saturated rings. The fourth-order valence-electron chi connectivity index (χ4n) is 3.27. The average molecular weight is 365 g/mol. The van der Waals surface area contributed by atoms with Crippen LogP contribution in [0.4, 0.5) is 0 Å². The smallest absolute Gasteiger partial charge is 0.313 e. The number of carbonyl (C=O) groups excluding carboxylic acids is 2. The summed E-state index contributed by atoms with van der Waals surface area (Å²) in [6.45, 7) is 4.86. The van der Waals surface area contributed by atoms with Gasteiger partial charge in [-0.3, -0.25) is 9.59 Å². The largest absolute Gasteiger partial charge is 0.493 e. The van der Waals surface area contributed by atoms with Crippen LogP contribution >= 0.6 is 0 Å². The second kappa shape index (κ2) is 8.29. The number of likely N-dealkylation sites (tertiary alicyclic amines) is 1. The van der Waals surface area contributed by atoms with Crippen molar-refractivity contribution in [3.63, 3.8) is 0 Å². The lowest BCUT2D eigenvalue weighted by Crippen LogP contribution is -2.49. The number of amides is 1. The molecule has 1 aromatic carbocycles. The Bertz CT molecular complexity index is 649. The van der Waals surface area contributed by atoms with Crippen LogP contribution in [0.3, 0.4) is 0 Å². The number of carbonyl (C=O) groups is 2. The SMILES string of the molecule is CCOC(=O)C1(C)CCCN(C(=O)c2cc(OC)c(OC)c(OC)c2)C1. The standard InChI is InChI=1S/C19H27NO6/c1-6-26-18(22)19(2)8-7-9-20(12-19)17(21)13-10-14(23-3)16(25-5)15(11-13)24-4/h10-11H,6-9,12H2,1-5H3. The van der Waals surface area contributed by atoms with Gasteiger partial charge in [0.15, 0.2) is 11.5 Å². The van der Waals surface area contributed by atoms with Gasteiger partial charge in [0.25, 0.3) is 5.91 Å². The Kier molecular flexibility index (Phi) is 6.34. The fourth-order valence-corrected chi connectivity index (χ4v) is 3.27. The first-order valence-electron chi connectivity index (χ1n) is 8.66. The molecule has 1 aliphatic rings. The Labute approximate surface area is 154 Å². The predicted octanol–water partition coefficient (Wildman–Crippen LogP) is 2.52. The summed E-state index contributed by atoms with van der Waals surface area (Å²) in [4.78, 5) is 27.0. The van der Waals surface area contributed by atoms with E-state index in [0.717, 1.165) is 6.42 Å². The second-order valence-corrected chi connectivity index (χ2v) is 6.53. The van der Waals surface area contributed by atoms with E-state index in [1.807, 2.05) is 6.92 Å².